The van der Waals surface area contributed by atoms with E-state index in [1.807, 2.05) is 19.1 Å². The number of aryl methyl sites for hydroxylation is 1. The minimum Gasteiger partial charge on any atom is -0.357 e. The van der Waals surface area contributed by atoms with Crippen molar-refractivity contribution in [2.24, 2.45) is 0 Å². The maximum Gasteiger partial charge on any atom is 0.242 e. The van der Waals surface area contributed by atoms with E-state index >= 15 is 0 Å². The standard InChI is InChI=1S/C23H29Cl2N3O4S/c1-16-10-12-18(13-11-16)28(33(4,31)32)14-6-9-22(29)27(17(2)23(30)26-3)15-19-20(24)7-5-8-21(19)25/h5,7-8,10-13,17H,6,9,14-15H2,1-4H3,(H,26,30)/t17-/m0/s1. The Morgan fingerprint density at radius 1 is 1.06 bits per heavy atom. The van der Waals surface area contributed by atoms with E-state index < -0.39 is 16.1 Å². The highest BCUT2D eigenvalue weighted by Crippen LogP contribution is 2.27. The van der Waals surface area contributed by atoms with Crippen molar-refractivity contribution in [3.8, 4) is 0 Å². The van der Waals surface area contributed by atoms with Gasteiger partial charge < -0.3 is 10.2 Å². The van der Waals surface area contributed by atoms with Crippen LogP contribution in [-0.4, -0.2) is 51.0 Å². The van der Waals surface area contributed by atoms with E-state index in [-0.39, 0.29) is 37.7 Å². The molecule has 180 valence electrons. The quantitative estimate of drug-likeness (QED) is 0.519. The van der Waals surface area contributed by atoms with E-state index in [9.17, 15) is 18.0 Å². The number of benzene rings is 2. The second-order valence-electron chi connectivity index (χ2n) is 7.79. The molecule has 1 N–H and O–H groups in total. The predicted molar refractivity (Wildman–Crippen MR) is 133 cm³/mol. The number of nitrogens with one attached hydrogen (secondary N) is 1. The monoisotopic (exact) mass is 513 g/mol. The second kappa shape index (κ2) is 11.7. The molecule has 0 aliphatic heterocycles. The molecule has 1 atom stereocenters. The van der Waals surface area contributed by atoms with Crippen LogP contribution in [0.3, 0.4) is 0 Å². The molecule has 0 aromatic heterocycles. The Balaban J connectivity index is 2.19. The summed E-state index contributed by atoms with van der Waals surface area (Å²) in [4.78, 5) is 26.8. The van der Waals surface area contributed by atoms with Gasteiger partial charge in [-0.2, -0.15) is 0 Å². The molecule has 0 unspecified atom stereocenters. The highest BCUT2D eigenvalue weighted by molar-refractivity contribution is 7.92. The predicted octanol–water partition coefficient (Wildman–Crippen LogP) is 4.01. The molecule has 0 spiro atoms. The number of amides is 2. The van der Waals surface area contributed by atoms with Crippen LogP contribution < -0.4 is 9.62 Å². The van der Waals surface area contributed by atoms with Crippen LogP contribution >= 0.6 is 23.2 Å². The molecular weight excluding hydrogens is 485 g/mol. The number of carbonyl (C=O) groups excluding carboxylic acids is 2. The maximum atomic E-state index is 13.1. The third-order valence-electron chi connectivity index (χ3n) is 5.28. The van der Waals surface area contributed by atoms with Crippen molar-refractivity contribution in [1.82, 2.24) is 10.2 Å². The zero-order valence-corrected chi connectivity index (χ0v) is 21.5. The number of hydrogen-bond donors (Lipinski definition) is 1. The Morgan fingerprint density at radius 3 is 2.15 bits per heavy atom. The molecule has 10 heteroatoms. The smallest absolute Gasteiger partial charge is 0.242 e. The number of rotatable bonds is 10. The van der Waals surface area contributed by atoms with Crippen molar-refractivity contribution < 1.29 is 18.0 Å². The molecule has 0 radical (unpaired) electrons. The van der Waals surface area contributed by atoms with E-state index in [4.69, 9.17) is 23.2 Å². The molecular formula is C23H29Cl2N3O4S. The lowest BCUT2D eigenvalue weighted by molar-refractivity contribution is -0.140. The van der Waals surface area contributed by atoms with E-state index in [0.29, 0.717) is 21.3 Å². The van der Waals surface area contributed by atoms with Crippen molar-refractivity contribution in [2.75, 3.05) is 24.2 Å². The summed E-state index contributed by atoms with van der Waals surface area (Å²) in [7, 11) is -2.04. The van der Waals surface area contributed by atoms with Gasteiger partial charge in [-0.05, 0) is 44.5 Å². The summed E-state index contributed by atoms with van der Waals surface area (Å²) in [5.41, 5.74) is 2.09. The van der Waals surface area contributed by atoms with Crippen molar-refractivity contribution in [3.63, 3.8) is 0 Å². The molecule has 0 bridgehead atoms. The first kappa shape index (κ1) is 27.0. The normalized spacial score (nSPS) is 12.2. The Hall–Kier alpha value is -2.29. The molecule has 2 aromatic rings. The number of carbonyl (C=O) groups is 2. The fourth-order valence-corrected chi connectivity index (χ4v) is 4.84. The Labute approximate surface area is 205 Å². The summed E-state index contributed by atoms with van der Waals surface area (Å²) >= 11 is 12.6. The highest BCUT2D eigenvalue weighted by atomic mass is 35.5. The average Bonchev–Trinajstić information content (AvgIpc) is 2.75. The molecule has 0 heterocycles. The van der Waals surface area contributed by atoms with Gasteiger partial charge in [-0.3, -0.25) is 13.9 Å². The largest absolute Gasteiger partial charge is 0.357 e. The fraction of sp³-hybridized carbons (Fsp3) is 0.391. The van der Waals surface area contributed by atoms with Crippen LogP contribution in [0, 0.1) is 6.92 Å². The molecule has 2 aromatic carbocycles. The van der Waals surface area contributed by atoms with E-state index in [1.165, 1.54) is 16.3 Å². The van der Waals surface area contributed by atoms with Crippen LogP contribution in [0.25, 0.3) is 0 Å². The average molecular weight is 514 g/mol. The number of halogens is 2. The number of hydrogen-bond acceptors (Lipinski definition) is 4. The summed E-state index contributed by atoms with van der Waals surface area (Å²) in [5, 5.41) is 3.34. The Kier molecular flexibility index (Phi) is 9.57. The van der Waals surface area contributed by atoms with Gasteiger partial charge in [0.15, 0.2) is 0 Å². The van der Waals surface area contributed by atoms with Crippen LogP contribution in [-0.2, 0) is 26.2 Å². The molecule has 0 aliphatic rings. The first-order valence-electron chi connectivity index (χ1n) is 10.4. The molecule has 0 saturated carbocycles. The topological polar surface area (TPSA) is 86.8 Å². The summed E-state index contributed by atoms with van der Waals surface area (Å²) in [6.45, 7) is 3.72. The first-order valence-corrected chi connectivity index (χ1v) is 13.0. The minimum absolute atomic E-state index is 0.0429. The fourth-order valence-electron chi connectivity index (χ4n) is 3.36. The lowest BCUT2D eigenvalue weighted by Gasteiger charge is -2.29. The summed E-state index contributed by atoms with van der Waals surface area (Å²) in [5.74, 6) is -0.636. The van der Waals surface area contributed by atoms with Crippen molar-refractivity contribution >= 4 is 50.7 Å². The van der Waals surface area contributed by atoms with Gasteiger partial charge in [0, 0.05) is 42.2 Å². The Morgan fingerprint density at radius 2 is 1.64 bits per heavy atom. The number of nitrogens with zero attached hydrogens (tertiary/aromatic N) is 2. The molecule has 0 saturated heterocycles. The summed E-state index contributed by atoms with van der Waals surface area (Å²) in [6.07, 6.45) is 1.45. The van der Waals surface area contributed by atoms with Gasteiger partial charge in [-0.25, -0.2) is 8.42 Å². The maximum absolute atomic E-state index is 13.1. The van der Waals surface area contributed by atoms with E-state index in [0.717, 1.165) is 11.8 Å². The van der Waals surface area contributed by atoms with Gasteiger partial charge >= 0.3 is 0 Å². The van der Waals surface area contributed by atoms with Crippen molar-refractivity contribution in [2.45, 2.75) is 39.3 Å². The van der Waals surface area contributed by atoms with Crippen molar-refractivity contribution in [1.29, 1.82) is 0 Å². The number of sulfonamides is 1. The molecule has 33 heavy (non-hydrogen) atoms. The lowest BCUT2D eigenvalue weighted by Crippen LogP contribution is -2.47. The number of likely N-dealkylation sites (N-methyl/N-ethyl adjacent to an activating group) is 1. The second-order valence-corrected chi connectivity index (χ2v) is 10.5. The third-order valence-corrected chi connectivity index (χ3v) is 7.18. The van der Waals surface area contributed by atoms with Crippen LogP contribution in [0.15, 0.2) is 42.5 Å². The first-order chi connectivity index (χ1) is 15.5. The third kappa shape index (κ3) is 7.35. The van der Waals surface area contributed by atoms with Crippen LogP contribution in [0.4, 0.5) is 5.69 Å². The molecule has 2 amide bonds. The van der Waals surface area contributed by atoms with Gasteiger partial charge in [0.05, 0.1) is 11.9 Å². The van der Waals surface area contributed by atoms with E-state index in [2.05, 4.69) is 5.32 Å². The summed E-state index contributed by atoms with van der Waals surface area (Å²) < 4.78 is 25.9. The van der Waals surface area contributed by atoms with E-state index in [1.54, 1.807) is 37.3 Å². The van der Waals surface area contributed by atoms with Gasteiger partial charge in [0.2, 0.25) is 21.8 Å². The SMILES string of the molecule is CNC(=O)[C@H](C)N(Cc1c(Cl)cccc1Cl)C(=O)CCCN(c1ccc(C)cc1)S(C)(=O)=O. The lowest BCUT2D eigenvalue weighted by atomic mass is 10.1. The van der Waals surface area contributed by atoms with Gasteiger partial charge in [-0.1, -0.05) is 47.0 Å². The molecule has 7 nitrogen and oxygen atoms in total. The zero-order chi connectivity index (χ0) is 24.8. The highest BCUT2D eigenvalue weighted by Gasteiger charge is 2.27. The summed E-state index contributed by atoms with van der Waals surface area (Å²) in [6, 6.07) is 11.4. The minimum atomic E-state index is -3.53. The molecule has 2 rings (SSSR count). The van der Waals surface area contributed by atoms with Crippen LogP contribution in [0.2, 0.25) is 10.0 Å². The van der Waals surface area contributed by atoms with Gasteiger partial charge in [0.25, 0.3) is 0 Å². The van der Waals surface area contributed by atoms with Gasteiger partial charge in [0.1, 0.15) is 6.04 Å². The number of anilines is 1. The van der Waals surface area contributed by atoms with Gasteiger partial charge in [-0.15, -0.1) is 0 Å². The van der Waals surface area contributed by atoms with Crippen LogP contribution in [0.5, 0.6) is 0 Å². The zero-order valence-electron chi connectivity index (χ0n) is 19.1. The Bertz CT molecular complexity index is 1070. The molecule has 0 aliphatic carbocycles. The van der Waals surface area contributed by atoms with Crippen LogP contribution in [0.1, 0.15) is 30.9 Å². The van der Waals surface area contributed by atoms with Crippen molar-refractivity contribution in [3.05, 3.63) is 63.6 Å². The molecule has 0 fully saturated rings.